The van der Waals surface area contributed by atoms with Crippen LogP contribution >= 0.6 is 11.9 Å². The minimum Gasteiger partial charge on any atom is -0.328 e. The van der Waals surface area contributed by atoms with Gasteiger partial charge in [0.05, 0.1) is 5.70 Å². The number of halogens is 1. The molecule has 3 heteroatoms. The molecule has 0 aromatic rings. The molecule has 0 aliphatic heterocycles. The van der Waals surface area contributed by atoms with E-state index < -0.39 is 5.83 Å². The molecule has 12 heavy (non-hydrogen) atoms. The Morgan fingerprint density at radius 3 is 2.42 bits per heavy atom. The third kappa shape index (κ3) is 2.89. The number of hydrogen-bond acceptors (Lipinski definition) is 2. The zero-order valence-corrected chi connectivity index (χ0v) is 7.92. The zero-order valence-electron chi connectivity index (χ0n) is 7.11. The van der Waals surface area contributed by atoms with Gasteiger partial charge in [-0.15, -0.1) is 0 Å². The van der Waals surface area contributed by atoms with Crippen molar-refractivity contribution in [3.05, 3.63) is 24.7 Å². The van der Waals surface area contributed by atoms with Gasteiger partial charge in [0.2, 0.25) is 0 Å². The van der Waals surface area contributed by atoms with Crippen LogP contribution in [0.15, 0.2) is 24.7 Å². The fourth-order valence-electron chi connectivity index (χ4n) is 1.22. The van der Waals surface area contributed by atoms with Gasteiger partial charge in [-0.1, -0.05) is 26.0 Å². The molecule has 0 saturated heterocycles. The van der Waals surface area contributed by atoms with Crippen molar-refractivity contribution in [3.63, 3.8) is 0 Å². The molecule has 68 valence electrons. The fraction of sp³-hybridized carbons (Fsp3) is 0.556. The van der Waals surface area contributed by atoms with Crippen LogP contribution in [-0.2, 0) is 0 Å². The van der Waals surface area contributed by atoms with E-state index in [2.05, 4.69) is 17.9 Å². The molecule has 0 amide bonds. The van der Waals surface area contributed by atoms with Gasteiger partial charge in [0.1, 0.15) is 5.83 Å². The Morgan fingerprint density at radius 1 is 1.33 bits per heavy atom. The number of hydrogen-bond donors (Lipinski definition) is 1. The first-order valence-corrected chi connectivity index (χ1v) is 5.03. The predicted octanol–water partition coefficient (Wildman–Crippen LogP) is 3.16. The normalized spacial score (nSPS) is 17.8. The molecule has 0 heterocycles. The van der Waals surface area contributed by atoms with Crippen molar-refractivity contribution in [3.8, 4) is 0 Å². The first kappa shape index (κ1) is 9.65. The number of nitrogens with one attached hydrogen (secondary N) is 1. The van der Waals surface area contributed by atoms with Crippen molar-refractivity contribution in [2.24, 2.45) is 0 Å². The molecule has 1 aliphatic rings. The molecule has 0 radical (unpaired) electrons. The van der Waals surface area contributed by atoms with Crippen LogP contribution in [0.2, 0.25) is 0 Å². The van der Waals surface area contributed by atoms with Crippen LogP contribution in [-0.4, -0.2) is 5.25 Å². The minimum atomic E-state index is -0.472. The molecular formula is C9H14FNS. The maximum atomic E-state index is 12.4. The Balaban J connectivity index is 2.16. The molecule has 1 N–H and O–H groups in total. The van der Waals surface area contributed by atoms with Crippen LogP contribution in [0.3, 0.4) is 0 Å². The molecule has 1 saturated carbocycles. The van der Waals surface area contributed by atoms with Crippen LogP contribution in [0, 0.1) is 0 Å². The number of allylic oxidation sites excluding steroid dienone is 1. The highest BCUT2D eigenvalue weighted by atomic mass is 32.2. The lowest BCUT2D eigenvalue weighted by Gasteiger charge is -2.10. The molecule has 0 atom stereocenters. The smallest absolute Gasteiger partial charge is 0.139 e. The molecule has 1 nitrogen and oxygen atoms in total. The van der Waals surface area contributed by atoms with Gasteiger partial charge in [0.15, 0.2) is 0 Å². The zero-order chi connectivity index (χ0) is 8.97. The lowest BCUT2D eigenvalue weighted by atomic mass is 10.4. The third-order valence-electron chi connectivity index (χ3n) is 1.98. The Kier molecular flexibility index (Phi) is 3.66. The maximum Gasteiger partial charge on any atom is 0.139 e. The summed E-state index contributed by atoms with van der Waals surface area (Å²) >= 11 is 1.57. The van der Waals surface area contributed by atoms with E-state index in [4.69, 9.17) is 0 Å². The molecule has 1 aliphatic carbocycles. The summed E-state index contributed by atoms with van der Waals surface area (Å²) in [5.74, 6) is -0.472. The van der Waals surface area contributed by atoms with E-state index in [1.165, 1.54) is 25.7 Å². The van der Waals surface area contributed by atoms with Crippen molar-refractivity contribution in [2.75, 3.05) is 0 Å². The second kappa shape index (κ2) is 4.55. The summed E-state index contributed by atoms with van der Waals surface area (Å²) in [6.45, 7) is 6.67. The van der Waals surface area contributed by atoms with E-state index in [0.717, 1.165) is 0 Å². The second-order valence-corrected chi connectivity index (χ2v) is 4.12. The molecule has 0 unspecified atom stereocenters. The van der Waals surface area contributed by atoms with Crippen molar-refractivity contribution >= 4 is 11.9 Å². The molecule has 1 rings (SSSR count). The molecule has 0 spiro atoms. The average Bonchev–Trinajstić information content (AvgIpc) is 2.51. The van der Waals surface area contributed by atoms with Gasteiger partial charge in [-0.3, -0.25) is 0 Å². The van der Waals surface area contributed by atoms with Crippen LogP contribution in [0.25, 0.3) is 0 Å². The summed E-state index contributed by atoms with van der Waals surface area (Å²) in [7, 11) is 0. The molecule has 0 bridgehead atoms. The summed E-state index contributed by atoms with van der Waals surface area (Å²) in [5.41, 5.74) is 0.298. The van der Waals surface area contributed by atoms with E-state index in [9.17, 15) is 4.39 Å². The SMILES string of the molecule is C=C(F)C(=C)NSC1CCCC1. The largest absolute Gasteiger partial charge is 0.328 e. The highest BCUT2D eigenvalue weighted by Gasteiger charge is 2.15. The Morgan fingerprint density at radius 2 is 1.92 bits per heavy atom. The number of rotatable bonds is 4. The summed E-state index contributed by atoms with van der Waals surface area (Å²) in [5, 5.41) is 0.626. The highest BCUT2D eigenvalue weighted by molar-refractivity contribution is 7.98. The fourth-order valence-corrected chi connectivity index (χ4v) is 2.20. The Hall–Kier alpha value is -0.440. The lowest BCUT2D eigenvalue weighted by molar-refractivity contribution is 0.649. The van der Waals surface area contributed by atoms with Crippen LogP contribution in [0.5, 0.6) is 0 Å². The Bertz CT molecular complexity index is 185. The van der Waals surface area contributed by atoms with E-state index in [1.807, 2.05) is 0 Å². The van der Waals surface area contributed by atoms with Crippen LogP contribution in [0.1, 0.15) is 25.7 Å². The molecule has 1 fully saturated rings. The van der Waals surface area contributed by atoms with Gasteiger partial charge in [-0.05, 0) is 24.8 Å². The summed E-state index contributed by atoms with van der Waals surface area (Å²) < 4.78 is 15.3. The van der Waals surface area contributed by atoms with Crippen molar-refractivity contribution < 1.29 is 4.39 Å². The van der Waals surface area contributed by atoms with Gasteiger partial charge in [-0.25, -0.2) is 4.39 Å². The predicted molar refractivity (Wildman–Crippen MR) is 52.4 cm³/mol. The first-order chi connectivity index (χ1) is 5.70. The monoisotopic (exact) mass is 187 g/mol. The second-order valence-electron chi connectivity index (χ2n) is 3.01. The van der Waals surface area contributed by atoms with Gasteiger partial charge >= 0.3 is 0 Å². The maximum absolute atomic E-state index is 12.4. The Labute approximate surface area is 77.2 Å². The van der Waals surface area contributed by atoms with Crippen LogP contribution in [0.4, 0.5) is 4.39 Å². The average molecular weight is 187 g/mol. The minimum absolute atomic E-state index is 0.298. The molecular weight excluding hydrogens is 173 g/mol. The lowest BCUT2D eigenvalue weighted by Crippen LogP contribution is -2.08. The summed E-state index contributed by atoms with van der Waals surface area (Å²) in [6.07, 6.45) is 5.04. The van der Waals surface area contributed by atoms with Gasteiger partial charge in [-0.2, -0.15) is 0 Å². The third-order valence-corrected chi connectivity index (χ3v) is 3.15. The quantitative estimate of drug-likeness (QED) is 0.536. The van der Waals surface area contributed by atoms with Crippen molar-refractivity contribution in [1.29, 1.82) is 0 Å². The summed E-state index contributed by atoms with van der Waals surface area (Å²) in [6, 6.07) is 0. The van der Waals surface area contributed by atoms with Crippen molar-refractivity contribution in [1.82, 2.24) is 4.72 Å². The van der Waals surface area contributed by atoms with Crippen LogP contribution < -0.4 is 4.72 Å². The molecule has 0 aromatic heterocycles. The topological polar surface area (TPSA) is 12.0 Å². The standard InChI is InChI=1S/C9H14FNS/c1-7(10)8(2)11-12-9-5-3-4-6-9/h9,11H,1-6H2. The van der Waals surface area contributed by atoms with Gasteiger partial charge < -0.3 is 4.72 Å². The van der Waals surface area contributed by atoms with Gasteiger partial charge in [0, 0.05) is 5.25 Å². The van der Waals surface area contributed by atoms with E-state index in [-0.39, 0.29) is 0 Å². The van der Waals surface area contributed by atoms with Crippen molar-refractivity contribution in [2.45, 2.75) is 30.9 Å². The summed E-state index contributed by atoms with van der Waals surface area (Å²) in [4.78, 5) is 0. The highest BCUT2D eigenvalue weighted by Crippen LogP contribution is 2.28. The first-order valence-electron chi connectivity index (χ1n) is 4.15. The molecule has 0 aromatic carbocycles. The van der Waals surface area contributed by atoms with E-state index >= 15 is 0 Å². The van der Waals surface area contributed by atoms with E-state index in [0.29, 0.717) is 10.9 Å². The van der Waals surface area contributed by atoms with E-state index in [1.54, 1.807) is 11.9 Å². The van der Waals surface area contributed by atoms with Gasteiger partial charge in [0.25, 0.3) is 0 Å².